The van der Waals surface area contributed by atoms with Crippen LogP contribution in [0.25, 0.3) is 0 Å². The molecular formula is C25H23N3O4S. The summed E-state index contributed by atoms with van der Waals surface area (Å²) in [5.41, 5.74) is 2.89. The van der Waals surface area contributed by atoms with E-state index < -0.39 is 15.9 Å². The van der Waals surface area contributed by atoms with E-state index in [9.17, 15) is 13.2 Å². The van der Waals surface area contributed by atoms with Crippen LogP contribution in [0, 0.1) is 18.3 Å². The second-order valence-electron chi connectivity index (χ2n) is 7.96. The molecular weight excluding hydrogens is 438 g/mol. The first-order chi connectivity index (χ1) is 15.8. The molecule has 33 heavy (non-hydrogen) atoms. The van der Waals surface area contributed by atoms with Crippen LogP contribution in [0.3, 0.4) is 0 Å². The van der Waals surface area contributed by atoms with Gasteiger partial charge in [0.1, 0.15) is 12.4 Å². The van der Waals surface area contributed by atoms with Gasteiger partial charge in [-0.2, -0.15) is 5.26 Å². The molecule has 0 unspecified atom stereocenters. The van der Waals surface area contributed by atoms with Crippen molar-refractivity contribution in [1.82, 2.24) is 4.72 Å². The van der Waals surface area contributed by atoms with Crippen LogP contribution < -0.4 is 14.8 Å². The highest BCUT2D eigenvalue weighted by Crippen LogP contribution is 2.24. The van der Waals surface area contributed by atoms with Crippen molar-refractivity contribution in [3.8, 4) is 11.8 Å². The van der Waals surface area contributed by atoms with E-state index in [-0.39, 0.29) is 23.1 Å². The van der Waals surface area contributed by atoms with Gasteiger partial charge in [-0.3, -0.25) is 4.79 Å². The second-order valence-corrected chi connectivity index (χ2v) is 9.67. The van der Waals surface area contributed by atoms with E-state index in [4.69, 9.17) is 10.00 Å². The van der Waals surface area contributed by atoms with Crippen molar-refractivity contribution >= 4 is 21.6 Å². The van der Waals surface area contributed by atoms with E-state index in [0.29, 0.717) is 22.6 Å². The Bertz CT molecular complexity index is 1340. The number of carbonyl (C=O) groups is 1. The SMILES string of the molecule is Cc1ccc(S(=O)(=O)NC2CC2)cc1C(=O)Nc1cccc(OCc2cccc(C#N)c2)c1. The van der Waals surface area contributed by atoms with E-state index in [1.165, 1.54) is 12.1 Å². The molecule has 8 heteroatoms. The number of benzene rings is 3. The number of hydrogen-bond acceptors (Lipinski definition) is 5. The highest BCUT2D eigenvalue weighted by atomic mass is 32.2. The molecule has 3 aromatic rings. The molecule has 0 bridgehead atoms. The van der Waals surface area contributed by atoms with Crippen molar-refractivity contribution in [1.29, 1.82) is 5.26 Å². The summed E-state index contributed by atoms with van der Waals surface area (Å²) >= 11 is 0. The first-order valence-electron chi connectivity index (χ1n) is 10.5. The number of carbonyl (C=O) groups excluding carboxylic acids is 1. The molecule has 1 amide bonds. The van der Waals surface area contributed by atoms with Crippen molar-refractivity contribution in [3.05, 3.63) is 89.0 Å². The van der Waals surface area contributed by atoms with Gasteiger partial charge in [-0.05, 0) is 67.3 Å². The summed E-state index contributed by atoms with van der Waals surface area (Å²) in [6.07, 6.45) is 1.67. The Balaban J connectivity index is 1.46. The molecule has 4 rings (SSSR count). The Labute approximate surface area is 193 Å². The Hall–Kier alpha value is -3.67. The van der Waals surface area contributed by atoms with Crippen molar-refractivity contribution in [2.75, 3.05) is 5.32 Å². The second kappa shape index (κ2) is 9.45. The average molecular weight is 462 g/mol. The zero-order valence-electron chi connectivity index (χ0n) is 18.0. The van der Waals surface area contributed by atoms with Crippen molar-refractivity contribution in [2.24, 2.45) is 0 Å². The molecule has 0 atom stereocenters. The maximum absolute atomic E-state index is 12.9. The van der Waals surface area contributed by atoms with Crippen LogP contribution in [0.2, 0.25) is 0 Å². The summed E-state index contributed by atoms with van der Waals surface area (Å²) in [4.78, 5) is 13.0. The molecule has 1 aliphatic carbocycles. The highest BCUT2D eigenvalue weighted by Gasteiger charge is 2.28. The quantitative estimate of drug-likeness (QED) is 0.524. The van der Waals surface area contributed by atoms with Gasteiger partial charge >= 0.3 is 0 Å². The summed E-state index contributed by atoms with van der Waals surface area (Å²) in [7, 11) is -3.66. The molecule has 7 nitrogen and oxygen atoms in total. The van der Waals surface area contributed by atoms with Gasteiger partial charge in [0.25, 0.3) is 5.91 Å². The highest BCUT2D eigenvalue weighted by molar-refractivity contribution is 7.89. The molecule has 1 aliphatic rings. The summed E-state index contributed by atoms with van der Waals surface area (Å²) in [6, 6.07) is 20.7. The van der Waals surface area contributed by atoms with Gasteiger partial charge in [-0.1, -0.05) is 24.3 Å². The zero-order chi connectivity index (χ0) is 23.4. The molecule has 3 aromatic carbocycles. The van der Waals surface area contributed by atoms with E-state index >= 15 is 0 Å². The van der Waals surface area contributed by atoms with Crippen molar-refractivity contribution < 1.29 is 17.9 Å². The van der Waals surface area contributed by atoms with E-state index in [1.807, 2.05) is 6.07 Å². The number of rotatable bonds is 8. The smallest absolute Gasteiger partial charge is 0.255 e. The van der Waals surface area contributed by atoms with Crippen LogP contribution in [0.1, 0.15) is 39.9 Å². The van der Waals surface area contributed by atoms with Crippen LogP contribution in [-0.2, 0) is 16.6 Å². The average Bonchev–Trinajstić information content (AvgIpc) is 3.61. The molecule has 0 heterocycles. The number of nitriles is 1. The van der Waals surface area contributed by atoms with Crippen molar-refractivity contribution in [3.63, 3.8) is 0 Å². The van der Waals surface area contributed by atoms with Crippen LogP contribution in [0.4, 0.5) is 5.69 Å². The molecule has 1 saturated carbocycles. The molecule has 0 aliphatic heterocycles. The normalized spacial score (nSPS) is 13.2. The third-order valence-electron chi connectivity index (χ3n) is 5.22. The van der Waals surface area contributed by atoms with Gasteiger partial charge in [0.15, 0.2) is 0 Å². The fourth-order valence-electron chi connectivity index (χ4n) is 3.26. The summed E-state index contributed by atoms with van der Waals surface area (Å²) in [6.45, 7) is 2.04. The Kier molecular flexibility index (Phi) is 6.45. The molecule has 2 N–H and O–H groups in total. The standard InChI is InChI=1S/C25H23N3O4S/c1-17-8-11-23(33(30,31)28-20-9-10-20)14-24(17)25(29)27-21-6-3-7-22(13-21)32-16-19-5-2-4-18(12-19)15-26/h2-8,11-14,20,28H,9-10,16H2,1H3,(H,27,29). The monoisotopic (exact) mass is 461 g/mol. The first kappa shape index (κ1) is 22.5. The van der Waals surface area contributed by atoms with E-state index in [1.54, 1.807) is 55.5 Å². The third kappa shape index (κ3) is 5.77. The van der Waals surface area contributed by atoms with Gasteiger partial charge in [0.2, 0.25) is 10.0 Å². The largest absolute Gasteiger partial charge is 0.489 e. The van der Waals surface area contributed by atoms with Crippen LogP contribution >= 0.6 is 0 Å². The van der Waals surface area contributed by atoms with Gasteiger partial charge in [-0.25, -0.2) is 13.1 Å². The maximum atomic E-state index is 12.9. The Morgan fingerprint density at radius 3 is 2.64 bits per heavy atom. The van der Waals surface area contributed by atoms with Crippen LogP contribution in [-0.4, -0.2) is 20.4 Å². The summed E-state index contributed by atoms with van der Waals surface area (Å²) < 4.78 is 33.5. The Morgan fingerprint density at radius 1 is 1.09 bits per heavy atom. The lowest BCUT2D eigenvalue weighted by Crippen LogP contribution is -2.26. The number of aryl methyl sites for hydroxylation is 1. The predicted octanol–water partition coefficient (Wildman–Crippen LogP) is 4.14. The van der Waals surface area contributed by atoms with Gasteiger partial charge in [0.05, 0.1) is 16.5 Å². The maximum Gasteiger partial charge on any atom is 0.255 e. The molecule has 0 aromatic heterocycles. The third-order valence-corrected chi connectivity index (χ3v) is 6.73. The lowest BCUT2D eigenvalue weighted by atomic mass is 10.1. The van der Waals surface area contributed by atoms with Gasteiger partial charge in [-0.15, -0.1) is 0 Å². The minimum Gasteiger partial charge on any atom is -0.489 e. The minimum absolute atomic E-state index is 0.0151. The molecule has 0 radical (unpaired) electrons. The zero-order valence-corrected chi connectivity index (χ0v) is 18.9. The van der Waals surface area contributed by atoms with Crippen LogP contribution in [0.5, 0.6) is 5.75 Å². The number of ether oxygens (including phenoxy) is 1. The molecule has 0 saturated heterocycles. The number of hydrogen-bond donors (Lipinski definition) is 2. The number of amides is 1. The predicted molar refractivity (Wildman–Crippen MR) is 124 cm³/mol. The summed E-state index contributed by atoms with van der Waals surface area (Å²) in [5, 5.41) is 11.8. The number of nitrogens with zero attached hydrogens (tertiary/aromatic N) is 1. The van der Waals surface area contributed by atoms with Gasteiger partial charge in [0, 0.05) is 23.4 Å². The topological polar surface area (TPSA) is 108 Å². The lowest BCUT2D eigenvalue weighted by Gasteiger charge is -2.12. The van der Waals surface area contributed by atoms with Gasteiger partial charge < -0.3 is 10.1 Å². The number of sulfonamides is 1. The number of anilines is 1. The molecule has 0 spiro atoms. The Morgan fingerprint density at radius 2 is 1.88 bits per heavy atom. The summed E-state index contributed by atoms with van der Waals surface area (Å²) in [5.74, 6) is 0.145. The van der Waals surface area contributed by atoms with Crippen molar-refractivity contribution in [2.45, 2.75) is 37.3 Å². The fourth-order valence-corrected chi connectivity index (χ4v) is 4.59. The fraction of sp³-hybridized carbons (Fsp3) is 0.200. The van der Waals surface area contributed by atoms with E-state index in [0.717, 1.165) is 18.4 Å². The van der Waals surface area contributed by atoms with Crippen LogP contribution in [0.15, 0.2) is 71.6 Å². The molecule has 168 valence electrons. The first-order valence-corrected chi connectivity index (χ1v) is 12.0. The number of nitrogens with one attached hydrogen (secondary N) is 2. The lowest BCUT2D eigenvalue weighted by molar-refractivity contribution is 0.102. The van der Waals surface area contributed by atoms with E-state index in [2.05, 4.69) is 16.1 Å². The minimum atomic E-state index is -3.66. The molecule has 1 fully saturated rings.